The Bertz CT molecular complexity index is 859. The molecule has 2 N–H and O–H groups in total. The van der Waals surface area contributed by atoms with Crippen molar-refractivity contribution in [3.63, 3.8) is 0 Å². The summed E-state index contributed by atoms with van der Waals surface area (Å²) in [5.74, 6) is -0.759. The van der Waals surface area contributed by atoms with Gasteiger partial charge in [-0.2, -0.15) is 0 Å². The summed E-state index contributed by atoms with van der Waals surface area (Å²) < 4.78 is 0. The summed E-state index contributed by atoms with van der Waals surface area (Å²) in [6.07, 6.45) is 6.11. The minimum absolute atomic E-state index is 0.0838. The maximum atomic E-state index is 12.9. The maximum absolute atomic E-state index is 12.9. The molecule has 0 bridgehead atoms. The van der Waals surface area contributed by atoms with Crippen LogP contribution in [0.1, 0.15) is 54.6 Å². The normalized spacial score (nSPS) is 11.8. The number of rotatable bonds is 10. The molecule has 0 heterocycles. The molecule has 0 radical (unpaired) electrons. The Morgan fingerprint density at radius 1 is 0.966 bits per heavy atom. The number of hydrogen-bond donors (Lipinski definition) is 2. The van der Waals surface area contributed by atoms with Gasteiger partial charge >= 0.3 is 0 Å². The van der Waals surface area contributed by atoms with E-state index in [1.54, 1.807) is 12.1 Å². The molecular weight excluding hydrogens is 364 g/mol. The molecule has 0 spiro atoms. The summed E-state index contributed by atoms with van der Waals surface area (Å²) in [6.45, 7) is 3.31. The average molecular weight is 392 g/mol. The molecule has 2 aromatic carbocycles. The molecule has 2 amide bonds. The number of benzene rings is 2. The van der Waals surface area contributed by atoms with Gasteiger partial charge in [-0.1, -0.05) is 80.4 Å². The zero-order valence-electron chi connectivity index (χ0n) is 17.0. The molecule has 2 rings (SSSR count). The van der Waals surface area contributed by atoms with Gasteiger partial charge in [0.25, 0.3) is 5.91 Å². The van der Waals surface area contributed by atoms with Crippen LogP contribution in [0.2, 0.25) is 0 Å². The second-order valence-electron chi connectivity index (χ2n) is 6.88. The van der Waals surface area contributed by atoms with Gasteiger partial charge in [-0.15, -0.1) is 0 Å². The predicted octanol–water partition coefficient (Wildman–Crippen LogP) is 3.85. The molecule has 1 unspecified atom stereocenters. The van der Waals surface area contributed by atoms with E-state index in [4.69, 9.17) is 0 Å². The molecule has 0 aliphatic heterocycles. The second kappa shape index (κ2) is 11.6. The fourth-order valence-electron chi connectivity index (χ4n) is 2.89. The van der Waals surface area contributed by atoms with Crippen molar-refractivity contribution < 1.29 is 14.4 Å². The first-order valence-electron chi connectivity index (χ1n) is 9.91. The van der Waals surface area contributed by atoms with Crippen molar-refractivity contribution in [2.75, 3.05) is 6.54 Å². The Morgan fingerprint density at radius 3 is 2.34 bits per heavy atom. The fraction of sp³-hybridized carbons (Fsp3) is 0.292. The van der Waals surface area contributed by atoms with E-state index in [1.807, 2.05) is 61.5 Å². The Labute approximate surface area is 172 Å². The summed E-state index contributed by atoms with van der Waals surface area (Å²) in [5, 5.41) is 5.37. The van der Waals surface area contributed by atoms with E-state index in [0.29, 0.717) is 12.0 Å². The number of ketones is 1. The summed E-state index contributed by atoms with van der Waals surface area (Å²) in [6, 6.07) is 16.5. The number of hydrogen-bond acceptors (Lipinski definition) is 3. The van der Waals surface area contributed by atoms with Gasteiger partial charge in [-0.25, -0.2) is 0 Å². The van der Waals surface area contributed by atoms with E-state index >= 15 is 0 Å². The fourth-order valence-corrected chi connectivity index (χ4v) is 2.89. The van der Waals surface area contributed by atoms with E-state index < -0.39 is 6.04 Å². The van der Waals surface area contributed by atoms with Crippen molar-refractivity contribution in [3.8, 4) is 0 Å². The van der Waals surface area contributed by atoms with Gasteiger partial charge in [-0.3, -0.25) is 14.4 Å². The molecule has 0 saturated heterocycles. The zero-order chi connectivity index (χ0) is 21.1. The summed E-state index contributed by atoms with van der Waals surface area (Å²) in [4.78, 5) is 36.5. The third-order valence-electron chi connectivity index (χ3n) is 4.51. The molecule has 2 aromatic rings. The Hall–Kier alpha value is -3.21. The number of unbranched alkanes of at least 4 members (excludes halogenated alkanes) is 1. The standard InChI is InChI=1S/C24H28N2O3/c1-3-4-14-22(23(28)17-25-18(2)27)26-24(29)21-13-9-8-12-20(21)16-15-19-10-6-5-7-11-19/h5-13,15-16,22H,3-4,14,17H2,1-2H3,(H,25,27)(H,26,29). The van der Waals surface area contributed by atoms with Crippen LogP contribution in [0, 0.1) is 0 Å². The number of Topliss-reactive ketones (excluding diaryl/α,β-unsaturated/α-hetero) is 1. The zero-order valence-corrected chi connectivity index (χ0v) is 17.0. The van der Waals surface area contributed by atoms with Crippen LogP contribution in [-0.4, -0.2) is 30.2 Å². The van der Waals surface area contributed by atoms with Gasteiger partial charge in [-0.05, 0) is 23.6 Å². The molecule has 1 atom stereocenters. The topological polar surface area (TPSA) is 75.3 Å². The van der Waals surface area contributed by atoms with Crippen LogP contribution in [0.3, 0.4) is 0 Å². The number of carbonyl (C=O) groups excluding carboxylic acids is 3. The Kier molecular flexibility index (Phi) is 8.83. The molecular formula is C24H28N2O3. The van der Waals surface area contributed by atoms with Crippen LogP contribution in [0.15, 0.2) is 54.6 Å². The first-order chi connectivity index (χ1) is 14.0. The largest absolute Gasteiger partial charge is 0.349 e. The molecule has 5 nitrogen and oxygen atoms in total. The number of carbonyl (C=O) groups is 3. The Balaban J connectivity index is 2.15. The highest BCUT2D eigenvalue weighted by Crippen LogP contribution is 2.14. The molecule has 5 heteroatoms. The molecule has 0 aromatic heterocycles. The highest BCUT2D eigenvalue weighted by atomic mass is 16.2. The average Bonchev–Trinajstić information content (AvgIpc) is 2.74. The van der Waals surface area contributed by atoms with Crippen LogP contribution in [-0.2, 0) is 9.59 Å². The predicted molar refractivity (Wildman–Crippen MR) is 116 cm³/mol. The van der Waals surface area contributed by atoms with E-state index in [9.17, 15) is 14.4 Å². The van der Waals surface area contributed by atoms with Crippen molar-refractivity contribution in [1.29, 1.82) is 0 Å². The molecule has 0 aliphatic rings. The van der Waals surface area contributed by atoms with Crippen LogP contribution < -0.4 is 10.6 Å². The monoisotopic (exact) mass is 392 g/mol. The molecule has 0 aliphatic carbocycles. The first kappa shape index (κ1) is 22.1. The van der Waals surface area contributed by atoms with Gasteiger partial charge in [0.1, 0.15) is 0 Å². The molecule has 0 saturated carbocycles. The lowest BCUT2D eigenvalue weighted by Crippen LogP contribution is -2.45. The SMILES string of the molecule is CCCCC(NC(=O)c1ccccc1C=Cc1ccccc1)C(=O)CNC(C)=O. The maximum Gasteiger partial charge on any atom is 0.252 e. The van der Waals surface area contributed by atoms with Crippen molar-refractivity contribution in [2.45, 2.75) is 39.2 Å². The van der Waals surface area contributed by atoms with Crippen LogP contribution in [0.25, 0.3) is 12.2 Å². The lowest BCUT2D eigenvalue weighted by Gasteiger charge is -2.18. The van der Waals surface area contributed by atoms with Crippen molar-refractivity contribution >= 4 is 29.7 Å². The van der Waals surface area contributed by atoms with E-state index in [0.717, 1.165) is 24.0 Å². The van der Waals surface area contributed by atoms with Gasteiger partial charge in [0.15, 0.2) is 5.78 Å². The second-order valence-corrected chi connectivity index (χ2v) is 6.88. The van der Waals surface area contributed by atoms with Crippen molar-refractivity contribution in [3.05, 3.63) is 71.3 Å². The Morgan fingerprint density at radius 2 is 1.66 bits per heavy atom. The van der Waals surface area contributed by atoms with Crippen LogP contribution >= 0.6 is 0 Å². The van der Waals surface area contributed by atoms with E-state index in [1.165, 1.54) is 6.92 Å². The quantitative estimate of drug-likeness (QED) is 0.603. The third-order valence-corrected chi connectivity index (χ3v) is 4.51. The number of amides is 2. The first-order valence-corrected chi connectivity index (χ1v) is 9.91. The highest BCUT2D eigenvalue weighted by molar-refractivity contribution is 6.01. The van der Waals surface area contributed by atoms with Crippen molar-refractivity contribution in [2.24, 2.45) is 0 Å². The summed E-state index contributed by atoms with van der Waals surface area (Å²) in [7, 11) is 0. The molecule has 29 heavy (non-hydrogen) atoms. The van der Waals surface area contributed by atoms with Crippen LogP contribution in [0.4, 0.5) is 0 Å². The van der Waals surface area contributed by atoms with Gasteiger partial charge < -0.3 is 10.6 Å². The smallest absolute Gasteiger partial charge is 0.252 e. The molecule has 0 fully saturated rings. The van der Waals surface area contributed by atoms with Gasteiger partial charge in [0.2, 0.25) is 5.91 Å². The van der Waals surface area contributed by atoms with E-state index in [2.05, 4.69) is 10.6 Å². The van der Waals surface area contributed by atoms with E-state index in [-0.39, 0.29) is 24.1 Å². The number of nitrogens with one attached hydrogen (secondary N) is 2. The van der Waals surface area contributed by atoms with Crippen molar-refractivity contribution in [1.82, 2.24) is 10.6 Å². The minimum atomic E-state index is -0.625. The van der Waals surface area contributed by atoms with Gasteiger partial charge in [0.05, 0.1) is 12.6 Å². The van der Waals surface area contributed by atoms with Crippen LogP contribution in [0.5, 0.6) is 0 Å². The lowest BCUT2D eigenvalue weighted by atomic mass is 10.0. The summed E-state index contributed by atoms with van der Waals surface area (Å²) >= 11 is 0. The highest BCUT2D eigenvalue weighted by Gasteiger charge is 2.21. The third kappa shape index (κ3) is 7.37. The van der Waals surface area contributed by atoms with Gasteiger partial charge in [0, 0.05) is 12.5 Å². The molecule has 152 valence electrons. The lowest BCUT2D eigenvalue weighted by molar-refractivity contribution is -0.124. The minimum Gasteiger partial charge on any atom is -0.349 e. The summed E-state index contributed by atoms with van der Waals surface area (Å²) in [5.41, 5.74) is 2.32.